The van der Waals surface area contributed by atoms with E-state index in [-0.39, 0.29) is 0 Å². The highest BCUT2D eigenvalue weighted by Crippen LogP contribution is 2.38. The van der Waals surface area contributed by atoms with Crippen molar-refractivity contribution in [3.05, 3.63) is 42.0 Å². The normalized spacial score (nSPS) is 20.3. The first kappa shape index (κ1) is 15.7. The summed E-state index contributed by atoms with van der Waals surface area (Å²) in [5, 5.41) is 4.03. The fraction of sp³-hybridized carbons (Fsp3) is 0.500. The molecule has 1 aliphatic carbocycles. The van der Waals surface area contributed by atoms with Crippen LogP contribution in [0.3, 0.4) is 0 Å². The van der Waals surface area contributed by atoms with Gasteiger partial charge in [0.05, 0.1) is 11.4 Å². The maximum Gasteiger partial charge on any atom is 0.243 e. The number of sulfonamides is 1. The predicted molar refractivity (Wildman–Crippen MR) is 86.8 cm³/mol. The smallest absolute Gasteiger partial charge is 0.243 e. The van der Waals surface area contributed by atoms with E-state index in [1.165, 1.54) is 0 Å². The zero-order chi connectivity index (χ0) is 16.6. The molecule has 24 heavy (non-hydrogen) atoms. The van der Waals surface area contributed by atoms with E-state index in [0.29, 0.717) is 49.4 Å². The number of piperazine rings is 1. The fourth-order valence-corrected chi connectivity index (χ4v) is 4.34. The molecule has 1 saturated carbocycles. The molecule has 8 heteroatoms. The molecule has 1 aliphatic heterocycles. The zero-order valence-corrected chi connectivity index (χ0v) is 14.2. The summed E-state index contributed by atoms with van der Waals surface area (Å²) in [4.78, 5) is 6.95. The van der Waals surface area contributed by atoms with Gasteiger partial charge in [0, 0.05) is 32.1 Å². The van der Waals surface area contributed by atoms with Gasteiger partial charge in [0.15, 0.2) is 5.82 Å². The van der Waals surface area contributed by atoms with E-state index in [2.05, 4.69) is 15.0 Å². The summed E-state index contributed by atoms with van der Waals surface area (Å²) < 4.78 is 32.0. The highest BCUT2D eigenvalue weighted by molar-refractivity contribution is 7.89. The van der Waals surface area contributed by atoms with Crippen LogP contribution in [0.1, 0.15) is 30.5 Å². The average molecular weight is 348 g/mol. The van der Waals surface area contributed by atoms with Crippen molar-refractivity contribution in [3.8, 4) is 0 Å². The summed E-state index contributed by atoms with van der Waals surface area (Å²) in [5.74, 6) is 1.89. The lowest BCUT2D eigenvalue weighted by Crippen LogP contribution is -2.48. The van der Waals surface area contributed by atoms with Crippen molar-refractivity contribution in [2.24, 2.45) is 0 Å². The lowest BCUT2D eigenvalue weighted by Gasteiger charge is -2.33. The van der Waals surface area contributed by atoms with Crippen LogP contribution in [0.5, 0.6) is 0 Å². The van der Waals surface area contributed by atoms with Crippen molar-refractivity contribution in [1.29, 1.82) is 0 Å². The molecule has 1 saturated heterocycles. The van der Waals surface area contributed by atoms with Crippen LogP contribution in [0.2, 0.25) is 0 Å². The van der Waals surface area contributed by atoms with Crippen molar-refractivity contribution < 1.29 is 12.9 Å². The van der Waals surface area contributed by atoms with E-state index in [4.69, 9.17) is 4.52 Å². The standard InChI is InChI=1S/C16H20N4O3S/c21-24(22,14-4-2-1-3-5-14)20-10-8-19(9-11-20)12-15-17-16(23-18-15)13-6-7-13/h1-5,13H,6-12H2. The first-order valence-corrected chi connectivity index (χ1v) is 9.67. The molecule has 2 heterocycles. The van der Waals surface area contributed by atoms with E-state index < -0.39 is 10.0 Å². The molecule has 1 aromatic carbocycles. The summed E-state index contributed by atoms with van der Waals surface area (Å²) in [7, 11) is -3.40. The molecular formula is C16H20N4O3S. The van der Waals surface area contributed by atoms with Gasteiger partial charge in [0.25, 0.3) is 0 Å². The SMILES string of the molecule is O=S(=O)(c1ccccc1)N1CCN(Cc2noc(C3CC3)n2)CC1. The minimum atomic E-state index is -3.40. The minimum absolute atomic E-state index is 0.352. The number of hydrogen-bond acceptors (Lipinski definition) is 6. The van der Waals surface area contributed by atoms with Gasteiger partial charge in [-0.1, -0.05) is 23.4 Å². The Morgan fingerprint density at radius 1 is 1.08 bits per heavy atom. The van der Waals surface area contributed by atoms with Crippen LogP contribution in [0, 0.1) is 0 Å². The van der Waals surface area contributed by atoms with Gasteiger partial charge in [0.1, 0.15) is 0 Å². The molecule has 0 unspecified atom stereocenters. The predicted octanol–water partition coefficient (Wildman–Crippen LogP) is 1.45. The van der Waals surface area contributed by atoms with Crippen LogP contribution in [0.25, 0.3) is 0 Å². The first-order valence-electron chi connectivity index (χ1n) is 8.23. The van der Waals surface area contributed by atoms with Crippen molar-refractivity contribution in [2.75, 3.05) is 26.2 Å². The van der Waals surface area contributed by atoms with Gasteiger partial charge in [-0.15, -0.1) is 0 Å². The van der Waals surface area contributed by atoms with Crippen LogP contribution in [-0.4, -0.2) is 53.9 Å². The fourth-order valence-electron chi connectivity index (χ4n) is 2.90. The van der Waals surface area contributed by atoms with Gasteiger partial charge >= 0.3 is 0 Å². The van der Waals surface area contributed by atoms with Gasteiger partial charge in [-0.3, -0.25) is 4.90 Å². The Morgan fingerprint density at radius 2 is 1.79 bits per heavy atom. The number of aromatic nitrogens is 2. The van der Waals surface area contributed by atoms with Crippen molar-refractivity contribution in [3.63, 3.8) is 0 Å². The molecular weight excluding hydrogens is 328 g/mol. The van der Waals surface area contributed by atoms with Crippen LogP contribution < -0.4 is 0 Å². The summed E-state index contributed by atoms with van der Waals surface area (Å²) in [6.07, 6.45) is 2.27. The Labute approximate surface area is 141 Å². The lowest BCUT2D eigenvalue weighted by molar-refractivity contribution is 0.176. The van der Waals surface area contributed by atoms with Gasteiger partial charge < -0.3 is 4.52 Å². The third-order valence-electron chi connectivity index (χ3n) is 4.49. The molecule has 1 aromatic heterocycles. The van der Waals surface area contributed by atoms with Gasteiger partial charge in [-0.25, -0.2) is 8.42 Å². The molecule has 4 rings (SSSR count). The summed E-state index contributed by atoms with van der Waals surface area (Å²) in [6, 6.07) is 8.59. The second-order valence-electron chi connectivity index (χ2n) is 6.32. The van der Waals surface area contributed by atoms with E-state index in [1.807, 2.05) is 6.07 Å². The van der Waals surface area contributed by atoms with E-state index in [1.54, 1.807) is 28.6 Å². The summed E-state index contributed by atoms with van der Waals surface area (Å²) in [5.41, 5.74) is 0. The number of hydrogen-bond donors (Lipinski definition) is 0. The van der Waals surface area contributed by atoms with Crippen LogP contribution in [0.4, 0.5) is 0 Å². The van der Waals surface area contributed by atoms with Crippen LogP contribution >= 0.6 is 0 Å². The Morgan fingerprint density at radius 3 is 2.46 bits per heavy atom. The van der Waals surface area contributed by atoms with Gasteiger partial charge in [-0.2, -0.15) is 9.29 Å². The highest BCUT2D eigenvalue weighted by Gasteiger charge is 2.31. The van der Waals surface area contributed by atoms with Crippen LogP contribution in [-0.2, 0) is 16.6 Å². The molecule has 0 amide bonds. The monoisotopic (exact) mass is 348 g/mol. The topological polar surface area (TPSA) is 79.5 Å². The Bertz CT molecular complexity index is 794. The zero-order valence-electron chi connectivity index (χ0n) is 13.3. The second-order valence-corrected chi connectivity index (χ2v) is 8.25. The van der Waals surface area contributed by atoms with E-state index in [9.17, 15) is 8.42 Å². The molecule has 0 radical (unpaired) electrons. The molecule has 0 bridgehead atoms. The van der Waals surface area contributed by atoms with E-state index in [0.717, 1.165) is 18.7 Å². The maximum atomic E-state index is 12.6. The molecule has 7 nitrogen and oxygen atoms in total. The molecule has 2 aliphatic rings. The first-order chi connectivity index (χ1) is 11.6. The molecule has 128 valence electrons. The van der Waals surface area contributed by atoms with Crippen molar-refractivity contribution in [1.82, 2.24) is 19.3 Å². The lowest BCUT2D eigenvalue weighted by atomic mass is 10.3. The van der Waals surface area contributed by atoms with Crippen LogP contribution in [0.15, 0.2) is 39.8 Å². The van der Waals surface area contributed by atoms with Gasteiger partial charge in [-0.05, 0) is 25.0 Å². The maximum absolute atomic E-state index is 12.6. The largest absolute Gasteiger partial charge is 0.339 e. The van der Waals surface area contributed by atoms with Crippen molar-refractivity contribution >= 4 is 10.0 Å². The van der Waals surface area contributed by atoms with E-state index >= 15 is 0 Å². The summed E-state index contributed by atoms with van der Waals surface area (Å²) in [6.45, 7) is 2.89. The second kappa shape index (κ2) is 6.27. The number of nitrogens with zero attached hydrogens (tertiary/aromatic N) is 4. The van der Waals surface area contributed by atoms with Crippen molar-refractivity contribution in [2.45, 2.75) is 30.2 Å². The summed E-state index contributed by atoms with van der Waals surface area (Å²) >= 11 is 0. The number of rotatable bonds is 5. The Kier molecular flexibility index (Phi) is 4.11. The Balaban J connectivity index is 1.36. The third-order valence-corrected chi connectivity index (χ3v) is 6.40. The van der Waals surface area contributed by atoms with Gasteiger partial charge in [0.2, 0.25) is 15.9 Å². The molecule has 0 atom stereocenters. The minimum Gasteiger partial charge on any atom is -0.339 e. The third kappa shape index (κ3) is 3.22. The average Bonchev–Trinajstić information content (AvgIpc) is 3.36. The molecule has 2 fully saturated rings. The Hall–Kier alpha value is -1.77. The highest BCUT2D eigenvalue weighted by atomic mass is 32.2. The molecule has 0 spiro atoms. The quantitative estimate of drug-likeness (QED) is 0.814. The number of benzene rings is 1. The molecule has 2 aromatic rings. The molecule has 0 N–H and O–H groups in total.